The van der Waals surface area contributed by atoms with Gasteiger partial charge < -0.3 is 10.6 Å². The van der Waals surface area contributed by atoms with E-state index in [1.807, 2.05) is 24.0 Å². The molecule has 1 rings (SSSR count). The molecule has 0 aliphatic heterocycles. The van der Waals surface area contributed by atoms with Crippen LogP contribution in [0.3, 0.4) is 0 Å². The van der Waals surface area contributed by atoms with E-state index in [0.29, 0.717) is 18.7 Å². The molecule has 0 spiro atoms. The van der Waals surface area contributed by atoms with Crippen molar-refractivity contribution < 1.29 is 4.79 Å². The van der Waals surface area contributed by atoms with Gasteiger partial charge in [0.1, 0.15) is 0 Å². The number of rotatable bonds is 7. The molecule has 0 aliphatic carbocycles. The van der Waals surface area contributed by atoms with E-state index in [1.54, 1.807) is 12.1 Å². The average Bonchev–Trinajstić information content (AvgIpc) is 2.48. The minimum Gasteiger partial charge on any atom is -0.338 e. The monoisotopic (exact) mass is 273 g/mol. The smallest absolute Gasteiger partial charge is 0.227 e. The van der Waals surface area contributed by atoms with Gasteiger partial charge in [0.25, 0.3) is 0 Å². The second-order valence-electron chi connectivity index (χ2n) is 4.91. The van der Waals surface area contributed by atoms with Crippen LogP contribution in [0.1, 0.15) is 37.8 Å². The lowest BCUT2D eigenvalue weighted by Crippen LogP contribution is -2.39. The van der Waals surface area contributed by atoms with Gasteiger partial charge in [-0.3, -0.25) is 4.79 Å². The zero-order valence-electron chi connectivity index (χ0n) is 12.3. The summed E-state index contributed by atoms with van der Waals surface area (Å²) in [6, 6.07) is 9.46. The number of hydrogen-bond acceptors (Lipinski definition) is 3. The summed E-state index contributed by atoms with van der Waals surface area (Å²) in [5, 5.41) is 8.79. The lowest BCUT2D eigenvalue weighted by atomic mass is 10.0. The van der Waals surface area contributed by atoms with Crippen molar-refractivity contribution in [3.63, 3.8) is 0 Å². The normalized spacial score (nSPS) is 11.7. The SMILES string of the molecule is CCCN(Cc1ccc(C#N)cc1)C(=O)C(CC)CN. The fraction of sp³-hybridized carbons (Fsp3) is 0.500. The van der Waals surface area contributed by atoms with Crippen molar-refractivity contribution in [1.29, 1.82) is 5.26 Å². The van der Waals surface area contributed by atoms with Gasteiger partial charge in [0.2, 0.25) is 5.91 Å². The molecule has 1 amide bonds. The fourth-order valence-corrected chi connectivity index (χ4v) is 2.14. The maximum atomic E-state index is 12.4. The molecule has 0 saturated heterocycles. The van der Waals surface area contributed by atoms with E-state index in [4.69, 9.17) is 11.0 Å². The van der Waals surface area contributed by atoms with Crippen LogP contribution in [0.5, 0.6) is 0 Å². The van der Waals surface area contributed by atoms with Gasteiger partial charge in [0, 0.05) is 19.6 Å². The first-order valence-electron chi connectivity index (χ1n) is 7.14. The van der Waals surface area contributed by atoms with Crippen molar-refractivity contribution in [1.82, 2.24) is 4.90 Å². The van der Waals surface area contributed by atoms with Gasteiger partial charge >= 0.3 is 0 Å². The topological polar surface area (TPSA) is 70.1 Å². The summed E-state index contributed by atoms with van der Waals surface area (Å²) in [6.45, 7) is 5.75. The van der Waals surface area contributed by atoms with E-state index in [1.165, 1.54) is 0 Å². The van der Waals surface area contributed by atoms with Crippen molar-refractivity contribution >= 4 is 5.91 Å². The predicted molar refractivity (Wildman–Crippen MR) is 79.7 cm³/mol. The third kappa shape index (κ3) is 4.36. The van der Waals surface area contributed by atoms with E-state index in [0.717, 1.165) is 24.9 Å². The van der Waals surface area contributed by atoms with Crippen molar-refractivity contribution in [3.8, 4) is 6.07 Å². The average molecular weight is 273 g/mol. The van der Waals surface area contributed by atoms with Crippen LogP contribution in [0.2, 0.25) is 0 Å². The maximum Gasteiger partial charge on any atom is 0.227 e. The first-order chi connectivity index (χ1) is 9.65. The number of benzene rings is 1. The fourth-order valence-electron chi connectivity index (χ4n) is 2.14. The van der Waals surface area contributed by atoms with Crippen LogP contribution in [0.4, 0.5) is 0 Å². The molecule has 0 heterocycles. The van der Waals surface area contributed by atoms with Gasteiger partial charge in [0.15, 0.2) is 0 Å². The zero-order valence-corrected chi connectivity index (χ0v) is 12.3. The molecule has 0 bridgehead atoms. The highest BCUT2D eigenvalue weighted by atomic mass is 16.2. The second kappa shape index (κ2) is 8.34. The second-order valence-corrected chi connectivity index (χ2v) is 4.91. The molecular weight excluding hydrogens is 250 g/mol. The summed E-state index contributed by atoms with van der Waals surface area (Å²) in [5.74, 6) is 0.0288. The molecule has 0 saturated carbocycles. The Morgan fingerprint density at radius 3 is 2.45 bits per heavy atom. The van der Waals surface area contributed by atoms with Gasteiger partial charge in [-0.15, -0.1) is 0 Å². The number of carbonyl (C=O) groups excluding carboxylic acids is 1. The third-order valence-electron chi connectivity index (χ3n) is 3.39. The molecule has 20 heavy (non-hydrogen) atoms. The summed E-state index contributed by atoms with van der Waals surface area (Å²) in [5.41, 5.74) is 7.34. The highest BCUT2D eigenvalue weighted by molar-refractivity contribution is 5.79. The van der Waals surface area contributed by atoms with Gasteiger partial charge in [-0.05, 0) is 30.5 Å². The van der Waals surface area contributed by atoms with E-state index in [2.05, 4.69) is 13.0 Å². The van der Waals surface area contributed by atoms with Crippen LogP contribution < -0.4 is 5.73 Å². The summed E-state index contributed by atoms with van der Waals surface area (Å²) in [6.07, 6.45) is 1.69. The van der Waals surface area contributed by atoms with Crippen molar-refractivity contribution in [2.75, 3.05) is 13.1 Å². The van der Waals surface area contributed by atoms with E-state index < -0.39 is 0 Å². The van der Waals surface area contributed by atoms with Crippen molar-refractivity contribution in [2.24, 2.45) is 11.7 Å². The molecule has 1 aromatic rings. The van der Waals surface area contributed by atoms with Crippen molar-refractivity contribution in [2.45, 2.75) is 33.2 Å². The molecule has 1 aromatic carbocycles. The molecule has 108 valence electrons. The highest BCUT2D eigenvalue weighted by Gasteiger charge is 2.21. The van der Waals surface area contributed by atoms with Crippen LogP contribution in [0, 0.1) is 17.2 Å². The quantitative estimate of drug-likeness (QED) is 0.828. The number of nitrogens with two attached hydrogens (primary N) is 1. The Balaban J connectivity index is 2.80. The molecule has 0 aliphatic rings. The Labute approximate surface area is 121 Å². The predicted octanol–water partition coefficient (Wildman–Crippen LogP) is 2.28. The molecule has 1 unspecified atom stereocenters. The Morgan fingerprint density at radius 2 is 2.00 bits per heavy atom. The standard InChI is InChI=1S/C16H23N3O/c1-3-9-19(16(20)15(4-2)11-18)12-14-7-5-13(10-17)6-8-14/h5-8,15H,3-4,9,11-12,18H2,1-2H3. The third-order valence-corrected chi connectivity index (χ3v) is 3.39. The minimum absolute atomic E-state index is 0.0973. The van der Waals surface area contributed by atoms with Gasteiger partial charge in [0.05, 0.1) is 17.6 Å². The molecule has 1 atom stereocenters. The zero-order chi connectivity index (χ0) is 15.0. The molecule has 4 heteroatoms. The molecule has 0 radical (unpaired) electrons. The van der Waals surface area contributed by atoms with Crippen molar-refractivity contribution in [3.05, 3.63) is 35.4 Å². The Kier molecular flexibility index (Phi) is 6.75. The van der Waals surface area contributed by atoms with E-state index >= 15 is 0 Å². The van der Waals surface area contributed by atoms with Crippen LogP contribution in [-0.2, 0) is 11.3 Å². The van der Waals surface area contributed by atoms with Crippen LogP contribution >= 0.6 is 0 Å². The summed E-state index contributed by atoms with van der Waals surface area (Å²) in [4.78, 5) is 14.3. The van der Waals surface area contributed by atoms with E-state index in [-0.39, 0.29) is 11.8 Å². The largest absolute Gasteiger partial charge is 0.338 e. The first-order valence-corrected chi connectivity index (χ1v) is 7.14. The molecule has 4 nitrogen and oxygen atoms in total. The number of nitriles is 1. The maximum absolute atomic E-state index is 12.4. The van der Waals surface area contributed by atoms with Gasteiger partial charge in [-0.2, -0.15) is 5.26 Å². The van der Waals surface area contributed by atoms with Gasteiger partial charge in [-0.25, -0.2) is 0 Å². The summed E-state index contributed by atoms with van der Waals surface area (Å²) >= 11 is 0. The van der Waals surface area contributed by atoms with Crippen LogP contribution in [0.15, 0.2) is 24.3 Å². The Morgan fingerprint density at radius 1 is 1.35 bits per heavy atom. The number of hydrogen-bond donors (Lipinski definition) is 1. The Bertz CT molecular complexity index is 458. The van der Waals surface area contributed by atoms with Gasteiger partial charge in [-0.1, -0.05) is 26.0 Å². The lowest BCUT2D eigenvalue weighted by molar-refractivity contribution is -0.136. The summed E-state index contributed by atoms with van der Waals surface area (Å²) in [7, 11) is 0. The van der Waals surface area contributed by atoms with E-state index in [9.17, 15) is 4.79 Å². The minimum atomic E-state index is -0.0973. The van der Waals surface area contributed by atoms with Crippen LogP contribution in [0.25, 0.3) is 0 Å². The number of carbonyl (C=O) groups is 1. The molecule has 0 aromatic heterocycles. The highest BCUT2D eigenvalue weighted by Crippen LogP contribution is 2.12. The first kappa shape index (κ1) is 16.2. The molecule has 2 N–H and O–H groups in total. The molecular formula is C16H23N3O. The summed E-state index contributed by atoms with van der Waals surface area (Å²) < 4.78 is 0. The Hall–Kier alpha value is -1.86. The molecule has 0 fully saturated rings. The lowest BCUT2D eigenvalue weighted by Gasteiger charge is -2.26. The number of nitrogens with zero attached hydrogens (tertiary/aromatic N) is 2. The van der Waals surface area contributed by atoms with Crippen LogP contribution in [-0.4, -0.2) is 23.9 Å². The number of amides is 1.